The number of nitrogens with one attached hydrogen (secondary N) is 1. The van der Waals surface area contributed by atoms with Crippen LogP contribution in [0.15, 0.2) is 35.3 Å². The zero-order valence-electron chi connectivity index (χ0n) is 16.6. The molecule has 2 unspecified atom stereocenters. The number of halogens is 1. The van der Waals surface area contributed by atoms with Crippen molar-refractivity contribution in [3.8, 4) is 0 Å². The zero-order chi connectivity index (χ0) is 18.4. The Bertz CT molecular complexity index is 606. The van der Waals surface area contributed by atoms with E-state index in [1.807, 2.05) is 6.07 Å². The van der Waals surface area contributed by atoms with Gasteiger partial charge in [0.2, 0.25) is 5.91 Å². The maximum atomic E-state index is 12.0. The van der Waals surface area contributed by atoms with Crippen LogP contribution in [0.25, 0.3) is 0 Å². The lowest BCUT2D eigenvalue weighted by molar-refractivity contribution is -0.127. The molecule has 0 spiro atoms. The van der Waals surface area contributed by atoms with Gasteiger partial charge in [-0.05, 0) is 36.7 Å². The fourth-order valence-corrected chi connectivity index (χ4v) is 4.09. The molecule has 3 rings (SSSR count). The van der Waals surface area contributed by atoms with Gasteiger partial charge in [-0.25, -0.2) is 4.99 Å². The average molecular weight is 484 g/mol. The van der Waals surface area contributed by atoms with E-state index in [0.717, 1.165) is 43.9 Å². The van der Waals surface area contributed by atoms with Crippen molar-refractivity contribution in [2.45, 2.75) is 32.1 Å². The number of amides is 1. The summed E-state index contributed by atoms with van der Waals surface area (Å²) in [5.74, 6) is 2.55. The van der Waals surface area contributed by atoms with E-state index in [1.165, 1.54) is 31.2 Å². The Morgan fingerprint density at radius 3 is 2.37 bits per heavy atom. The minimum Gasteiger partial charge on any atom is -0.356 e. The van der Waals surface area contributed by atoms with Crippen LogP contribution < -0.4 is 5.32 Å². The number of carbonyl (C=O) groups excluding carboxylic acids is 1. The monoisotopic (exact) mass is 484 g/mol. The number of guanidine groups is 1. The summed E-state index contributed by atoms with van der Waals surface area (Å²) in [5, 5.41) is 3.52. The molecule has 2 aliphatic rings. The molecular weight excluding hydrogens is 451 g/mol. The van der Waals surface area contributed by atoms with E-state index in [1.54, 1.807) is 19.0 Å². The maximum absolute atomic E-state index is 12.0. The molecule has 0 radical (unpaired) electrons. The number of likely N-dealkylation sites (tertiary alicyclic amines) is 1. The highest BCUT2D eigenvalue weighted by Gasteiger charge is 2.35. The van der Waals surface area contributed by atoms with E-state index in [-0.39, 0.29) is 36.4 Å². The van der Waals surface area contributed by atoms with Crippen molar-refractivity contribution in [3.05, 3.63) is 35.9 Å². The molecule has 0 aromatic heterocycles. The van der Waals surface area contributed by atoms with E-state index < -0.39 is 0 Å². The molecule has 1 aliphatic heterocycles. The molecule has 0 bridgehead atoms. The van der Waals surface area contributed by atoms with Crippen LogP contribution in [-0.4, -0.2) is 61.9 Å². The second-order valence-electron chi connectivity index (χ2n) is 7.80. The summed E-state index contributed by atoms with van der Waals surface area (Å²) in [6.07, 6.45) is 6.37. The minimum absolute atomic E-state index is 0. The number of benzene rings is 1. The first-order valence-corrected chi connectivity index (χ1v) is 9.91. The lowest BCUT2D eigenvalue weighted by atomic mass is 9.82. The summed E-state index contributed by atoms with van der Waals surface area (Å²) >= 11 is 0. The normalized spacial score (nSPS) is 22.0. The average Bonchev–Trinajstić information content (AvgIpc) is 3.09. The van der Waals surface area contributed by atoms with Crippen molar-refractivity contribution < 1.29 is 4.79 Å². The molecule has 1 saturated heterocycles. The quantitative estimate of drug-likeness (QED) is 0.397. The standard InChI is InChI=1S/C21H32N4O.HI/c1-24(2)20(26)14-23-21(22-13-12-17-8-4-3-5-9-17)25-15-18-10-6-7-11-19(18)16-25;/h3-5,8-9,18-19H,6-7,10-16H2,1-2H3,(H,22,23);1H. The van der Waals surface area contributed by atoms with Crippen LogP contribution >= 0.6 is 24.0 Å². The van der Waals surface area contributed by atoms with Gasteiger partial charge in [0, 0.05) is 33.7 Å². The van der Waals surface area contributed by atoms with Crippen molar-refractivity contribution in [3.63, 3.8) is 0 Å². The predicted molar refractivity (Wildman–Crippen MR) is 122 cm³/mol. The first kappa shape index (κ1) is 22.0. The van der Waals surface area contributed by atoms with Crippen molar-refractivity contribution >= 4 is 35.8 Å². The smallest absolute Gasteiger partial charge is 0.243 e. The largest absolute Gasteiger partial charge is 0.356 e. The van der Waals surface area contributed by atoms with Crippen LogP contribution in [0.3, 0.4) is 0 Å². The number of aliphatic imine (C=N–C) groups is 1. The first-order chi connectivity index (χ1) is 12.6. The third kappa shape index (κ3) is 6.36. The van der Waals surface area contributed by atoms with E-state index >= 15 is 0 Å². The van der Waals surface area contributed by atoms with Crippen molar-refractivity contribution in [2.75, 3.05) is 40.3 Å². The number of likely N-dealkylation sites (N-methyl/N-ethyl adjacent to an activating group) is 1. The molecular formula is C21H33IN4O. The molecule has 1 aliphatic carbocycles. The first-order valence-electron chi connectivity index (χ1n) is 9.91. The summed E-state index contributed by atoms with van der Waals surface area (Å²) in [6.45, 7) is 3.22. The Hall–Kier alpha value is -1.31. The fraction of sp³-hybridized carbons (Fsp3) is 0.619. The molecule has 1 aromatic carbocycles. The minimum atomic E-state index is 0. The maximum Gasteiger partial charge on any atom is 0.243 e. The van der Waals surface area contributed by atoms with Crippen LogP contribution in [0.2, 0.25) is 0 Å². The molecule has 1 saturated carbocycles. The van der Waals surface area contributed by atoms with Gasteiger partial charge in [0.05, 0.1) is 0 Å². The molecule has 150 valence electrons. The molecule has 27 heavy (non-hydrogen) atoms. The van der Waals surface area contributed by atoms with Gasteiger partial charge in [-0.15, -0.1) is 24.0 Å². The number of rotatable bonds is 5. The van der Waals surface area contributed by atoms with Crippen molar-refractivity contribution in [1.82, 2.24) is 15.1 Å². The van der Waals surface area contributed by atoms with E-state index in [2.05, 4.69) is 39.5 Å². The number of fused-ring (bicyclic) bond motifs is 1. The predicted octanol–water partition coefficient (Wildman–Crippen LogP) is 3.00. The van der Waals surface area contributed by atoms with Crippen LogP contribution in [0, 0.1) is 11.8 Å². The summed E-state index contributed by atoms with van der Waals surface area (Å²) < 4.78 is 0. The Morgan fingerprint density at radius 1 is 1.15 bits per heavy atom. The van der Waals surface area contributed by atoms with Gasteiger partial charge < -0.3 is 15.1 Å². The lowest BCUT2D eigenvalue weighted by Crippen LogP contribution is -2.42. The Balaban J connectivity index is 0.00000261. The molecule has 6 heteroatoms. The Morgan fingerprint density at radius 2 is 1.78 bits per heavy atom. The van der Waals surface area contributed by atoms with E-state index in [9.17, 15) is 4.79 Å². The second-order valence-corrected chi connectivity index (χ2v) is 7.80. The van der Waals surface area contributed by atoms with Crippen LogP contribution in [-0.2, 0) is 11.2 Å². The molecule has 1 heterocycles. The topological polar surface area (TPSA) is 47.9 Å². The highest BCUT2D eigenvalue weighted by Crippen LogP contribution is 2.35. The molecule has 1 aromatic rings. The van der Waals surface area contributed by atoms with Gasteiger partial charge in [0.25, 0.3) is 0 Å². The van der Waals surface area contributed by atoms with Gasteiger partial charge in [-0.2, -0.15) is 0 Å². The molecule has 2 atom stereocenters. The third-order valence-electron chi connectivity index (χ3n) is 5.68. The third-order valence-corrected chi connectivity index (χ3v) is 5.68. The van der Waals surface area contributed by atoms with Crippen LogP contribution in [0.4, 0.5) is 0 Å². The molecule has 1 N–H and O–H groups in total. The van der Waals surface area contributed by atoms with Gasteiger partial charge in [0.15, 0.2) is 5.96 Å². The number of hydrogen-bond donors (Lipinski definition) is 1. The van der Waals surface area contributed by atoms with Gasteiger partial charge in [-0.1, -0.05) is 43.2 Å². The SMILES string of the molecule is CN(C)C(=O)CN=C(NCCc1ccccc1)N1CC2CCCCC2C1.I. The van der Waals surface area contributed by atoms with E-state index in [0.29, 0.717) is 0 Å². The lowest BCUT2D eigenvalue weighted by Gasteiger charge is -2.22. The zero-order valence-corrected chi connectivity index (χ0v) is 18.9. The van der Waals surface area contributed by atoms with Gasteiger partial charge >= 0.3 is 0 Å². The summed E-state index contributed by atoms with van der Waals surface area (Å²) in [4.78, 5) is 20.6. The van der Waals surface area contributed by atoms with Crippen LogP contribution in [0.1, 0.15) is 31.2 Å². The van der Waals surface area contributed by atoms with Crippen molar-refractivity contribution in [1.29, 1.82) is 0 Å². The highest BCUT2D eigenvalue weighted by atomic mass is 127. The van der Waals surface area contributed by atoms with Gasteiger partial charge in [-0.3, -0.25) is 4.79 Å². The number of hydrogen-bond acceptors (Lipinski definition) is 2. The van der Waals surface area contributed by atoms with Crippen molar-refractivity contribution in [2.24, 2.45) is 16.8 Å². The summed E-state index contributed by atoms with van der Waals surface area (Å²) in [5.41, 5.74) is 1.32. The van der Waals surface area contributed by atoms with Crippen LogP contribution in [0.5, 0.6) is 0 Å². The Labute approximate surface area is 180 Å². The summed E-state index contributed by atoms with van der Waals surface area (Å²) in [6, 6.07) is 10.5. The summed E-state index contributed by atoms with van der Waals surface area (Å²) in [7, 11) is 3.57. The molecule has 2 fully saturated rings. The highest BCUT2D eigenvalue weighted by molar-refractivity contribution is 14.0. The van der Waals surface area contributed by atoms with E-state index in [4.69, 9.17) is 0 Å². The molecule has 5 nitrogen and oxygen atoms in total. The fourth-order valence-electron chi connectivity index (χ4n) is 4.09. The van der Waals surface area contributed by atoms with Gasteiger partial charge in [0.1, 0.15) is 6.54 Å². The number of nitrogens with zero attached hydrogens (tertiary/aromatic N) is 3. The molecule has 1 amide bonds. The Kier molecular flexibility index (Phi) is 8.86. The number of carbonyl (C=O) groups is 1. The second kappa shape index (κ2) is 10.9.